The number of nitrogens with zero attached hydrogens (tertiary/aromatic N) is 2. The van der Waals surface area contributed by atoms with Crippen LogP contribution in [0.15, 0.2) is 18.2 Å². The Labute approximate surface area is 154 Å². The maximum absolute atomic E-state index is 13.3. The van der Waals surface area contributed by atoms with Crippen LogP contribution in [0.4, 0.5) is 20.3 Å². The van der Waals surface area contributed by atoms with Gasteiger partial charge in [0, 0.05) is 29.9 Å². The van der Waals surface area contributed by atoms with Gasteiger partial charge in [0.15, 0.2) is 17.2 Å². The molecule has 7 nitrogen and oxygen atoms in total. The van der Waals surface area contributed by atoms with Gasteiger partial charge in [-0.05, 0) is 18.3 Å². The molecule has 2 aliphatic rings. The number of nitrogens with one attached hydrogen (secondary N) is 2. The molecule has 0 saturated heterocycles. The van der Waals surface area contributed by atoms with Crippen LogP contribution in [0.3, 0.4) is 0 Å². The number of aromatic nitrogens is 2. The van der Waals surface area contributed by atoms with Gasteiger partial charge in [-0.2, -0.15) is 13.8 Å². The SMILES string of the molecule is CC1(C)CCC1NC(=O)c1nc(Nc2cc(F)nc(F)c2)cc2c1OCO2. The van der Waals surface area contributed by atoms with Gasteiger partial charge in [-0.1, -0.05) is 13.8 Å². The molecule has 1 unspecified atom stereocenters. The number of hydrogen-bond acceptors (Lipinski definition) is 6. The fourth-order valence-electron chi connectivity index (χ4n) is 3.17. The van der Waals surface area contributed by atoms with E-state index in [0.717, 1.165) is 25.0 Å². The van der Waals surface area contributed by atoms with Crippen molar-refractivity contribution in [1.29, 1.82) is 0 Å². The summed E-state index contributed by atoms with van der Waals surface area (Å²) in [4.78, 5) is 20.0. The summed E-state index contributed by atoms with van der Waals surface area (Å²) in [5, 5.41) is 5.73. The molecule has 1 aliphatic heterocycles. The van der Waals surface area contributed by atoms with E-state index in [1.54, 1.807) is 0 Å². The van der Waals surface area contributed by atoms with Gasteiger partial charge in [0.25, 0.3) is 5.91 Å². The van der Waals surface area contributed by atoms with E-state index in [9.17, 15) is 13.6 Å². The summed E-state index contributed by atoms with van der Waals surface area (Å²) in [5.74, 6) is -1.54. The highest BCUT2D eigenvalue weighted by Crippen LogP contribution is 2.41. The van der Waals surface area contributed by atoms with E-state index >= 15 is 0 Å². The number of carbonyl (C=O) groups excluding carboxylic acids is 1. The van der Waals surface area contributed by atoms with Crippen LogP contribution in [-0.4, -0.2) is 28.7 Å². The van der Waals surface area contributed by atoms with Crippen LogP contribution >= 0.6 is 0 Å². The highest BCUT2D eigenvalue weighted by molar-refractivity contribution is 5.97. The molecule has 1 amide bonds. The van der Waals surface area contributed by atoms with Gasteiger partial charge < -0.3 is 20.1 Å². The topological polar surface area (TPSA) is 85.4 Å². The van der Waals surface area contributed by atoms with E-state index in [1.807, 2.05) is 0 Å². The van der Waals surface area contributed by atoms with E-state index in [1.165, 1.54) is 6.07 Å². The van der Waals surface area contributed by atoms with Crippen molar-refractivity contribution >= 4 is 17.4 Å². The fraction of sp³-hybridized carbons (Fsp3) is 0.389. The molecule has 1 atom stereocenters. The summed E-state index contributed by atoms with van der Waals surface area (Å²) in [6.45, 7) is 4.14. The third kappa shape index (κ3) is 3.36. The lowest BCUT2D eigenvalue weighted by Gasteiger charge is -2.44. The molecule has 27 heavy (non-hydrogen) atoms. The van der Waals surface area contributed by atoms with E-state index in [4.69, 9.17) is 9.47 Å². The van der Waals surface area contributed by atoms with Crippen LogP contribution in [0.5, 0.6) is 11.5 Å². The molecule has 0 radical (unpaired) electrons. The second-order valence-electron chi connectivity index (χ2n) is 7.27. The highest BCUT2D eigenvalue weighted by Gasteiger charge is 2.40. The molecule has 0 bridgehead atoms. The van der Waals surface area contributed by atoms with Crippen LogP contribution < -0.4 is 20.1 Å². The Bertz CT molecular complexity index is 899. The third-order valence-corrected chi connectivity index (χ3v) is 4.93. The zero-order valence-electron chi connectivity index (χ0n) is 14.8. The number of rotatable bonds is 4. The fourth-order valence-corrected chi connectivity index (χ4v) is 3.17. The second-order valence-corrected chi connectivity index (χ2v) is 7.27. The minimum atomic E-state index is -0.969. The van der Waals surface area contributed by atoms with Crippen molar-refractivity contribution < 1.29 is 23.0 Å². The molecule has 2 N–H and O–H groups in total. The van der Waals surface area contributed by atoms with Gasteiger partial charge in [-0.25, -0.2) is 4.98 Å². The van der Waals surface area contributed by atoms with Gasteiger partial charge in [0.2, 0.25) is 18.7 Å². The summed E-state index contributed by atoms with van der Waals surface area (Å²) < 4.78 is 37.3. The molecule has 0 aromatic carbocycles. The van der Waals surface area contributed by atoms with Crippen molar-refractivity contribution in [2.75, 3.05) is 12.1 Å². The minimum absolute atomic E-state index is 0.0259. The Morgan fingerprint density at radius 2 is 1.93 bits per heavy atom. The molecule has 0 spiro atoms. The lowest BCUT2D eigenvalue weighted by molar-refractivity contribution is 0.0724. The molecular weight excluding hydrogens is 358 g/mol. The minimum Gasteiger partial charge on any atom is -0.453 e. The quantitative estimate of drug-likeness (QED) is 0.798. The first-order chi connectivity index (χ1) is 12.8. The molecule has 2 aromatic heterocycles. The van der Waals surface area contributed by atoms with Gasteiger partial charge >= 0.3 is 0 Å². The summed E-state index contributed by atoms with van der Waals surface area (Å²) in [6.07, 6.45) is 1.93. The largest absolute Gasteiger partial charge is 0.453 e. The van der Waals surface area contributed by atoms with Crippen molar-refractivity contribution in [3.8, 4) is 11.5 Å². The number of fused-ring (bicyclic) bond motifs is 1. The predicted octanol–water partition coefficient (Wildman–Crippen LogP) is 3.15. The molecule has 142 valence electrons. The Hall–Kier alpha value is -2.97. The number of hydrogen-bond donors (Lipinski definition) is 2. The van der Waals surface area contributed by atoms with E-state index in [-0.39, 0.29) is 47.1 Å². The first-order valence-corrected chi connectivity index (χ1v) is 8.53. The Morgan fingerprint density at radius 1 is 1.19 bits per heavy atom. The molecule has 1 fully saturated rings. The smallest absolute Gasteiger partial charge is 0.274 e. The third-order valence-electron chi connectivity index (χ3n) is 4.93. The van der Waals surface area contributed by atoms with Gasteiger partial charge in [0.05, 0.1) is 0 Å². The average molecular weight is 376 g/mol. The number of halogens is 2. The normalized spacial score (nSPS) is 19.3. The van der Waals surface area contributed by atoms with Crippen LogP contribution in [-0.2, 0) is 0 Å². The molecule has 1 saturated carbocycles. The first kappa shape index (κ1) is 17.4. The lowest BCUT2D eigenvalue weighted by atomic mass is 9.67. The molecular formula is C18H18F2N4O3. The van der Waals surface area contributed by atoms with E-state index in [2.05, 4.69) is 34.4 Å². The van der Waals surface area contributed by atoms with E-state index in [0.29, 0.717) is 5.75 Å². The van der Waals surface area contributed by atoms with Crippen LogP contribution in [0, 0.1) is 17.3 Å². The Kier molecular flexibility index (Phi) is 4.09. The van der Waals surface area contributed by atoms with Gasteiger partial charge in [0.1, 0.15) is 5.82 Å². The van der Waals surface area contributed by atoms with Gasteiger partial charge in [-0.15, -0.1) is 0 Å². The number of anilines is 2. The highest BCUT2D eigenvalue weighted by atomic mass is 19.1. The number of amides is 1. The van der Waals surface area contributed by atoms with Crippen molar-refractivity contribution in [1.82, 2.24) is 15.3 Å². The predicted molar refractivity (Wildman–Crippen MR) is 92.1 cm³/mol. The molecule has 4 rings (SSSR count). The van der Waals surface area contributed by atoms with Crippen molar-refractivity contribution in [2.45, 2.75) is 32.7 Å². The van der Waals surface area contributed by atoms with Crippen molar-refractivity contribution in [3.05, 3.63) is 35.8 Å². The molecule has 3 heterocycles. The first-order valence-electron chi connectivity index (χ1n) is 8.53. The maximum atomic E-state index is 13.3. The van der Waals surface area contributed by atoms with Gasteiger partial charge in [-0.3, -0.25) is 4.79 Å². The lowest BCUT2D eigenvalue weighted by Crippen LogP contribution is -2.52. The molecule has 9 heteroatoms. The van der Waals surface area contributed by atoms with Crippen molar-refractivity contribution in [2.24, 2.45) is 5.41 Å². The Balaban J connectivity index is 1.62. The summed E-state index contributed by atoms with van der Waals surface area (Å²) >= 11 is 0. The molecule has 1 aliphatic carbocycles. The molecule has 2 aromatic rings. The number of ether oxygens (including phenoxy) is 2. The second kappa shape index (κ2) is 6.33. The van der Waals surface area contributed by atoms with E-state index < -0.39 is 11.9 Å². The van der Waals surface area contributed by atoms with Crippen molar-refractivity contribution in [3.63, 3.8) is 0 Å². The summed E-state index contributed by atoms with van der Waals surface area (Å²) in [7, 11) is 0. The Morgan fingerprint density at radius 3 is 2.56 bits per heavy atom. The zero-order valence-corrected chi connectivity index (χ0v) is 14.8. The summed E-state index contributed by atoms with van der Waals surface area (Å²) in [5.41, 5.74) is 0.195. The monoisotopic (exact) mass is 376 g/mol. The zero-order chi connectivity index (χ0) is 19.2. The summed E-state index contributed by atoms with van der Waals surface area (Å²) in [6, 6.07) is 3.59. The standard InChI is InChI=1S/C18H18F2N4O3/c1-18(2)4-3-11(18)22-17(25)15-16-10(26-8-27-16)7-14(24-15)21-9-5-12(19)23-13(20)6-9/h5-7,11H,3-4,8H2,1-2H3,(H,22,25)(H,21,23,24). The van der Waals surface area contributed by atoms with Crippen LogP contribution in [0.1, 0.15) is 37.2 Å². The van der Waals surface area contributed by atoms with Crippen LogP contribution in [0.25, 0.3) is 0 Å². The van der Waals surface area contributed by atoms with Crippen LogP contribution in [0.2, 0.25) is 0 Å². The maximum Gasteiger partial charge on any atom is 0.274 e. The average Bonchev–Trinajstić information content (AvgIpc) is 3.05. The number of carbonyl (C=O) groups is 1. The number of pyridine rings is 2.